The zero-order valence-corrected chi connectivity index (χ0v) is 9.40. The first-order valence-electron chi connectivity index (χ1n) is 4.60. The van der Waals surface area contributed by atoms with Crippen molar-refractivity contribution in [2.45, 2.75) is 25.8 Å². The summed E-state index contributed by atoms with van der Waals surface area (Å²) in [5.41, 5.74) is 0. The number of hydrogen-bond acceptors (Lipinski definition) is 2. The molecule has 1 unspecified atom stereocenters. The second-order valence-corrected chi connectivity index (χ2v) is 3.75. The summed E-state index contributed by atoms with van der Waals surface area (Å²) in [5.74, 6) is 0.438. The number of likely N-dealkylation sites (N-methyl/N-ethyl adjacent to an activating group) is 1. The van der Waals surface area contributed by atoms with Gasteiger partial charge in [0.05, 0.1) is 0 Å². The van der Waals surface area contributed by atoms with Crippen LogP contribution in [0.25, 0.3) is 0 Å². The minimum atomic E-state index is 0.0451. The predicted molar refractivity (Wildman–Crippen MR) is 56.1 cm³/mol. The second-order valence-electron chi connectivity index (χ2n) is 3.37. The summed E-state index contributed by atoms with van der Waals surface area (Å²) >= 11 is 5.46. The third-order valence-corrected chi connectivity index (χ3v) is 1.95. The van der Waals surface area contributed by atoms with Crippen molar-refractivity contribution in [3.05, 3.63) is 0 Å². The highest BCUT2D eigenvalue weighted by Crippen LogP contribution is 1.94. The number of hydrogen-bond donors (Lipinski definition) is 1. The molecular formula is C9H19ClN2O. The van der Waals surface area contributed by atoms with Gasteiger partial charge in [0.25, 0.3) is 0 Å². The predicted octanol–water partition coefficient (Wildman–Crippen LogP) is 1.07. The van der Waals surface area contributed by atoms with Gasteiger partial charge in [0.15, 0.2) is 0 Å². The minimum absolute atomic E-state index is 0.0451. The van der Waals surface area contributed by atoms with E-state index >= 15 is 0 Å². The second kappa shape index (κ2) is 7.15. The zero-order valence-electron chi connectivity index (χ0n) is 8.64. The lowest BCUT2D eigenvalue weighted by Crippen LogP contribution is -2.41. The number of rotatable bonds is 6. The van der Waals surface area contributed by atoms with Crippen molar-refractivity contribution in [3.8, 4) is 0 Å². The molecule has 0 spiro atoms. The molecule has 0 bridgehead atoms. The maximum atomic E-state index is 11.2. The quantitative estimate of drug-likeness (QED) is 0.660. The molecule has 0 rings (SSSR count). The molecule has 1 atom stereocenters. The summed E-state index contributed by atoms with van der Waals surface area (Å²) in [6, 6.07) is 0.241. The Morgan fingerprint density at radius 1 is 1.54 bits per heavy atom. The first-order chi connectivity index (χ1) is 6.10. The van der Waals surface area contributed by atoms with Gasteiger partial charge in [-0.1, -0.05) is 6.92 Å². The standard InChI is InChI=1S/C9H19ClN2O/c1-4-8(7-12(2)3)11-9(13)5-6-10/h8H,4-7H2,1-3H3,(H,11,13). The van der Waals surface area contributed by atoms with Gasteiger partial charge in [-0.2, -0.15) is 0 Å². The lowest BCUT2D eigenvalue weighted by atomic mass is 10.2. The topological polar surface area (TPSA) is 32.3 Å². The molecule has 0 aliphatic heterocycles. The van der Waals surface area contributed by atoms with Gasteiger partial charge < -0.3 is 10.2 Å². The molecule has 0 aliphatic carbocycles. The van der Waals surface area contributed by atoms with Gasteiger partial charge in [-0.05, 0) is 20.5 Å². The molecule has 0 aromatic rings. The first kappa shape index (κ1) is 12.7. The highest BCUT2D eigenvalue weighted by Gasteiger charge is 2.10. The molecule has 1 N–H and O–H groups in total. The van der Waals surface area contributed by atoms with Gasteiger partial charge in [-0.25, -0.2) is 0 Å². The molecule has 0 saturated carbocycles. The molecule has 1 amide bonds. The van der Waals surface area contributed by atoms with E-state index in [0.717, 1.165) is 13.0 Å². The molecule has 0 aliphatic rings. The largest absolute Gasteiger partial charge is 0.352 e. The fraction of sp³-hybridized carbons (Fsp3) is 0.889. The van der Waals surface area contributed by atoms with E-state index in [0.29, 0.717) is 12.3 Å². The van der Waals surface area contributed by atoms with Crippen LogP contribution in [0.3, 0.4) is 0 Å². The van der Waals surface area contributed by atoms with Crippen LogP contribution in [0.15, 0.2) is 0 Å². The summed E-state index contributed by atoms with van der Waals surface area (Å²) in [5, 5.41) is 2.93. The summed E-state index contributed by atoms with van der Waals surface area (Å²) in [6.45, 7) is 2.94. The number of nitrogens with zero attached hydrogens (tertiary/aromatic N) is 1. The highest BCUT2D eigenvalue weighted by atomic mass is 35.5. The third kappa shape index (κ3) is 6.84. The van der Waals surface area contributed by atoms with Gasteiger partial charge in [0, 0.05) is 24.9 Å². The SMILES string of the molecule is CCC(CN(C)C)NC(=O)CCCl. The van der Waals surface area contributed by atoms with Crippen molar-refractivity contribution in [3.63, 3.8) is 0 Å². The summed E-state index contributed by atoms with van der Waals surface area (Å²) < 4.78 is 0. The Morgan fingerprint density at radius 2 is 2.15 bits per heavy atom. The molecule has 13 heavy (non-hydrogen) atoms. The summed E-state index contributed by atoms with van der Waals surface area (Å²) in [4.78, 5) is 13.2. The van der Waals surface area contributed by atoms with Gasteiger partial charge in [0.2, 0.25) is 5.91 Å². The van der Waals surface area contributed by atoms with Crippen molar-refractivity contribution in [2.24, 2.45) is 0 Å². The first-order valence-corrected chi connectivity index (χ1v) is 5.13. The normalized spacial score (nSPS) is 13.0. The number of halogens is 1. The fourth-order valence-electron chi connectivity index (χ4n) is 1.10. The van der Waals surface area contributed by atoms with Crippen molar-refractivity contribution in [1.29, 1.82) is 0 Å². The van der Waals surface area contributed by atoms with E-state index in [1.807, 2.05) is 14.1 Å². The number of carbonyl (C=O) groups is 1. The highest BCUT2D eigenvalue weighted by molar-refractivity contribution is 6.18. The molecule has 0 heterocycles. The molecule has 0 saturated heterocycles. The Hall–Kier alpha value is -0.280. The van der Waals surface area contributed by atoms with Crippen LogP contribution in [0.5, 0.6) is 0 Å². The Kier molecular flexibility index (Phi) is 7.00. The molecule has 4 heteroatoms. The van der Waals surface area contributed by atoms with Crippen LogP contribution in [0, 0.1) is 0 Å². The summed E-state index contributed by atoms with van der Waals surface area (Å²) in [6.07, 6.45) is 1.36. The molecule has 78 valence electrons. The Morgan fingerprint density at radius 3 is 2.54 bits per heavy atom. The third-order valence-electron chi connectivity index (χ3n) is 1.76. The lowest BCUT2D eigenvalue weighted by molar-refractivity contribution is -0.121. The molecule has 3 nitrogen and oxygen atoms in total. The monoisotopic (exact) mass is 206 g/mol. The van der Waals surface area contributed by atoms with Crippen LogP contribution < -0.4 is 5.32 Å². The van der Waals surface area contributed by atoms with E-state index in [2.05, 4.69) is 17.1 Å². The van der Waals surface area contributed by atoms with E-state index in [9.17, 15) is 4.79 Å². The van der Waals surface area contributed by atoms with Crippen LogP contribution in [0.1, 0.15) is 19.8 Å². The molecule has 0 aromatic carbocycles. The fourth-order valence-corrected chi connectivity index (χ4v) is 1.27. The van der Waals surface area contributed by atoms with E-state index in [4.69, 9.17) is 11.6 Å². The van der Waals surface area contributed by atoms with E-state index < -0.39 is 0 Å². The molecule has 0 radical (unpaired) electrons. The Bertz CT molecular complexity index is 151. The number of carbonyl (C=O) groups excluding carboxylic acids is 1. The number of amides is 1. The van der Waals surface area contributed by atoms with Gasteiger partial charge in [0.1, 0.15) is 0 Å². The van der Waals surface area contributed by atoms with Gasteiger partial charge in [-0.15, -0.1) is 11.6 Å². The molecular weight excluding hydrogens is 188 g/mol. The zero-order chi connectivity index (χ0) is 10.3. The van der Waals surface area contributed by atoms with Crippen LogP contribution >= 0.6 is 11.6 Å². The Balaban J connectivity index is 3.76. The van der Waals surface area contributed by atoms with Crippen molar-refractivity contribution >= 4 is 17.5 Å². The van der Waals surface area contributed by atoms with Crippen molar-refractivity contribution in [2.75, 3.05) is 26.5 Å². The maximum absolute atomic E-state index is 11.2. The van der Waals surface area contributed by atoms with Crippen molar-refractivity contribution in [1.82, 2.24) is 10.2 Å². The van der Waals surface area contributed by atoms with Crippen LogP contribution in [0.2, 0.25) is 0 Å². The average molecular weight is 207 g/mol. The number of alkyl halides is 1. The smallest absolute Gasteiger partial charge is 0.221 e. The lowest BCUT2D eigenvalue weighted by Gasteiger charge is -2.20. The maximum Gasteiger partial charge on any atom is 0.221 e. The Labute approximate surface area is 85.4 Å². The average Bonchev–Trinajstić information content (AvgIpc) is 2.02. The van der Waals surface area contributed by atoms with Crippen molar-refractivity contribution < 1.29 is 4.79 Å². The van der Waals surface area contributed by atoms with E-state index in [1.54, 1.807) is 0 Å². The molecule has 0 fully saturated rings. The molecule has 0 aromatic heterocycles. The van der Waals surface area contributed by atoms with E-state index in [1.165, 1.54) is 0 Å². The number of nitrogens with one attached hydrogen (secondary N) is 1. The van der Waals surface area contributed by atoms with Gasteiger partial charge in [-0.3, -0.25) is 4.79 Å². The van der Waals surface area contributed by atoms with Crippen LogP contribution in [-0.4, -0.2) is 43.4 Å². The minimum Gasteiger partial charge on any atom is -0.352 e. The van der Waals surface area contributed by atoms with Gasteiger partial charge >= 0.3 is 0 Å². The van der Waals surface area contributed by atoms with Crippen LogP contribution in [-0.2, 0) is 4.79 Å². The summed E-state index contributed by atoms with van der Waals surface area (Å²) in [7, 11) is 3.99. The van der Waals surface area contributed by atoms with Crippen LogP contribution in [0.4, 0.5) is 0 Å². The van der Waals surface area contributed by atoms with E-state index in [-0.39, 0.29) is 11.9 Å².